The molecule has 0 aliphatic rings. The zero-order valence-corrected chi connectivity index (χ0v) is 15.6. The molecule has 4 heteroatoms. The number of carbonyl (C=O) groups excluding carboxylic acids is 2. The molecule has 0 bridgehead atoms. The summed E-state index contributed by atoms with van der Waals surface area (Å²) in [7, 11) is 0. The molecule has 130 valence electrons. The first-order valence-electron chi connectivity index (χ1n) is 8.67. The van der Waals surface area contributed by atoms with Gasteiger partial charge in [0.15, 0.2) is 0 Å². The lowest BCUT2D eigenvalue weighted by Crippen LogP contribution is -2.10. The second-order valence-electron chi connectivity index (χ2n) is 5.13. The highest BCUT2D eigenvalue weighted by molar-refractivity contribution is 6.34. The SMILES string of the molecule is CC.CCC(=O)CCCCCc1cccc(NC(=O)CC)c1Cl. The van der Waals surface area contributed by atoms with Gasteiger partial charge in [0.05, 0.1) is 10.7 Å². The maximum atomic E-state index is 11.4. The van der Waals surface area contributed by atoms with E-state index in [1.54, 1.807) is 0 Å². The predicted molar refractivity (Wildman–Crippen MR) is 99.2 cm³/mol. The molecule has 0 saturated heterocycles. The van der Waals surface area contributed by atoms with Crippen molar-refractivity contribution in [2.45, 2.75) is 72.6 Å². The number of carbonyl (C=O) groups is 2. The van der Waals surface area contributed by atoms with Crippen molar-refractivity contribution < 1.29 is 9.59 Å². The van der Waals surface area contributed by atoms with E-state index >= 15 is 0 Å². The van der Waals surface area contributed by atoms with Gasteiger partial charge in [-0.1, -0.05) is 57.8 Å². The number of unbranched alkanes of at least 4 members (excludes halogenated alkanes) is 2. The van der Waals surface area contributed by atoms with E-state index in [0.717, 1.165) is 31.2 Å². The minimum atomic E-state index is -0.0351. The number of halogens is 1. The molecule has 0 unspecified atom stereocenters. The number of benzene rings is 1. The Bertz CT molecular complexity index is 486. The molecule has 0 spiro atoms. The van der Waals surface area contributed by atoms with E-state index in [0.29, 0.717) is 35.8 Å². The molecule has 1 N–H and O–H groups in total. The van der Waals surface area contributed by atoms with Gasteiger partial charge < -0.3 is 5.32 Å². The summed E-state index contributed by atoms with van der Waals surface area (Å²) in [6, 6.07) is 5.72. The van der Waals surface area contributed by atoms with Crippen LogP contribution in [-0.4, -0.2) is 11.7 Å². The number of hydrogen-bond donors (Lipinski definition) is 1. The van der Waals surface area contributed by atoms with Gasteiger partial charge in [0.1, 0.15) is 5.78 Å². The molecular weight excluding hydrogens is 310 g/mol. The van der Waals surface area contributed by atoms with Crippen molar-refractivity contribution in [2.24, 2.45) is 0 Å². The number of anilines is 1. The quantitative estimate of drug-likeness (QED) is 0.578. The Balaban J connectivity index is 0.00000232. The molecule has 1 aromatic carbocycles. The van der Waals surface area contributed by atoms with Gasteiger partial charge in [-0.25, -0.2) is 0 Å². The molecule has 0 aromatic heterocycles. The number of hydrogen-bond acceptors (Lipinski definition) is 2. The van der Waals surface area contributed by atoms with Crippen LogP contribution in [0.1, 0.15) is 71.8 Å². The molecular formula is C19H30ClNO2. The Morgan fingerprint density at radius 3 is 2.35 bits per heavy atom. The second-order valence-corrected chi connectivity index (χ2v) is 5.51. The summed E-state index contributed by atoms with van der Waals surface area (Å²) in [6.45, 7) is 7.71. The van der Waals surface area contributed by atoms with Crippen LogP contribution in [0.15, 0.2) is 18.2 Å². The fourth-order valence-electron chi connectivity index (χ4n) is 2.10. The van der Waals surface area contributed by atoms with Crippen molar-refractivity contribution in [1.82, 2.24) is 0 Å². The van der Waals surface area contributed by atoms with Crippen LogP contribution in [0, 0.1) is 0 Å². The number of amides is 1. The van der Waals surface area contributed by atoms with Gasteiger partial charge in [0.25, 0.3) is 0 Å². The Morgan fingerprint density at radius 1 is 1.04 bits per heavy atom. The van der Waals surface area contributed by atoms with Crippen molar-refractivity contribution in [1.29, 1.82) is 0 Å². The first-order chi connectivity index (χ1) is 11.1. The molecule has 0 fully saturated rings. The third-order valence-corrected chi connectivity index (χ3v) is 3.92. The van der Waals surface area contributed by atoms with Gasteiger partial charge in [-0.05, 0) is 30.9 Å². The molecule has 3 nitrogen and oxygen atoms in total. The maximum Gasteiger partial charge on any atom is 0.224 e. The normalized spacial score (nSPS) is 9.78. The largest absolute Gasteiger partial charge is 0.325 e. The van der Waals surface area contributed by atoms with Crippen LogP contribution in [0.5, 0.6) is 0 Å². The minimum Gasteiger partial charge on any atom is -0.325 e. The summed E-state index contributed by atoms with van der Waals surface area (Å²) < 4.78 is 0. The molecule has 0 atom stereocenters. The van der Waals surface area contributed by atoms with E-state index in [1.165, 1.54) is 0 Å². The first kappa shape index (κ1) is 21.6. The van der Waals surface area contributed by atoms with Crippen molar-refractivity contribution in [3.63, 3.8) is 0 Å². The zero-order chi connectivity index (χ0) is 17.7. The van der Waals surface area contributed by atoms with Crippen LogP contribution in [0.3, 0.4) is 0 Å². The maximum absolute atomic E-state index is 11.4. The van der Waals surface area contributed by atoms with Crippen LogP contribution in [0.2, 0.25) is 5.02 Å². The molecule has 0 aliphatic heterocycles. The van der Waals surface area contributed by atoms with Gasteiger partial charge in [0.2, 0.25) is 5.91 Å². The lowest BCUT2D eigenvalue weighted by molar-refractivity contribution is -0.119. The third-order valence-electron chi connectivity index (χ3n) is 3.47. The van der Waals surface area contributed by atoms with E-state index in [9.17, 15) is 9.59 Å². The number of aryl methyl sites for hydroxylation is 1. The van der Waals surface area contributed by atoms with E-state index in [-0.39, 0.29) is 5.91 Å². The lowest BCUT2D eigenvalue weighted by Gasteiger charge is -2.10. The second kappa shape index (κ2) is 13.1. The van der Waals surface area contributed by atoms with Crippen LogP contribution in [0.25, 0.3) is 0 Å². The molecule has 0 heterocycles. The number of nitrogens with one attached hydrogen (secondary N) is 1. The topological polar surface area (TPSA) is 46.2 Å². The number of ketones is 1. The van der Waals surface area contributed by atoms with E-state index in [1.807, 2.05) is 45.9 Å². The van der Waals surface area contributed by atoms with Crippen molar-refractivity contribution in [3.8, 4) is 0 Å². The molecule has 0 aliphatic carbocycles. The summed E-state index contributed by atoms with van der Waals surface area (Å²) in [6.07, 6.45) is 5.58. The smallest absolute Gasteiger partial charge is 0.224 e. The average Bonchev–Trinajstić information content (AvgIpc) is 2.58. The number of rotatable bonds is 9. The Hall–Kier alpha value is -1.35. The van der Waals surface area contributed by atoms with Crippen molar-refractivity contribution in [3.05, 3.63) is 28.8 Å². The van der Waals surface area contributed by atoms with Gasteiger partial charge in [0, 0.05) is 19.3 Å². The van der Waals surface area contributed by atoms with Gasteiger partial charge in [-0.3, -0.25) is 9.59 Å². The molecule has 0 saturated carbocycles. The fourth-order valence-corrected chi connectivity index (χ4v) is 2.37. The molecule has 23 heavy (non-hydrogen) atoms. The highest BCUT2D eigenvalue weighted by atomic mass is 35.5. The highest BCUT2D eigenvalue weighted by Crippen LogP contribution is 2.27. The van der Waals surface area contributed by atoms with Crippen LogP contribution in [0.4, 0.5) is 5.69 Å². The Morgan fingerprint density at radius 2 is 1.74 bits per heavy atom. The third kappa shape index (κ3) is 8.75. The van der Waals surface area contributed by atoms with Gasteiger partial charge in [-0.2, -0.15) is 0 Å². The monoisotopic (exact) mass is 339 g/mol. The molecule has 1 aromatic rings. The summed E-state index contributed by atoms with van der Waals surface area (Å²) in [5.74, 6) is 0.296. The molecule has 1 amide bonds. The zero-order valence-electron chi connectivity index (χ0n) is 14.9. The first-order valence-corrected chi connectivity index (χ1v) is 9.05. The van der Waals surface area contributed by atoms with E-state index in [2.05, 4.69) is 5.32 Å². The van der Waals surface area contributed by atoms with Crippen molar-refractivity contribution >= 4 is 29.0 Å². The van der Waals surface area contributed by atoms with E-state index < -0.39 is 0 Å². The standard InChI is InChI=1S/C17H24ClNO2.C2H6/c1-3-14(20)11-7-5-6-9-13-10-8-12-15(17(13)18)19-16(21)4-2;1-2/h8,10,12H,3-7,9,11H2,1-2H3,(H,19,21);1-2H3. The van der Waals surface area contributed by atoms with Crippen LogP contribution >= 0.6 is 11.6 Å². The van der Waals surface area contributed by atoms with Crippen LogP contribution in [-0.2, 0) is 16.0 Å². The summed E-state index contributed by atoms with van der Waals surface area (Å²) in [5, 5.41) is 3.44. The summed E-state index contributed by atoms with van der Waals surface area (Å²) in [5.41, 5.74) is 1.73. The minimum absolute atomic E-state index is 0.0351. The van der Waals surface area contributed by atoms with Crippen LogP contribution < -0.4 is 5.32 Å². The Labute approximate surface area is 145 Å². The summed E-state index contributed by atoms with van der Waals surface area (Å²) in [4.78, 5) is 22.6. The van der Waals surface area contributed by atoms with E-state index in [4.69, 9.17) is 11.6 Å². The lowest BCUT2D eigenvalue weighted by atomic mass is 10.0. The van der Waals surface area contributed by atoms with Gasteiger partial charge in [-0.15, -0.1) is 0 Å². The summed E-state index contributed by atoms with van der Waals surface area (Å²) >= 11 is 6.33. The van der Waals surface area contributed by atoms with Gasteiger partial charge >= 0.3 is 0 Å². The number of Topliss-reactive ketones (excluding diaryl/α,β-unsaturated/α-hetero) is 1. The molecule has 0 radical (unpaired) electrons. The van der Waals surface area contributed by atoms with Crippen molar-refractivity contribution in [2.75, 3.05) is 5.32 Å². The highest BCUT2D eigenvalue weighted by Gasteiger charge is 2.08. The fraction of sp³-hybridized carbons (Fsp3) is 0.579. The Kier molecular flexibility index (Phi) is 12.4. The molecule has 1 rings (SSSR count). The average molecular weight is 340 g/mol. The predicted octanol–water partition coefficient (Wildman–Crippen LogP) is 5.80.